The lowest BCUT2D eigenvalue weighted by atomic mass is 10.1. The standard InChI is InChI=1S/C18H18F2N2O4S/c1-12-5-6-13(18(23)21-17-14(19)3-2-4-15(17)20)11-16(12)27(24,25)22-7-9-26-10-8-22/h2-6,11H,7-10H2,1H3,(H,21,23). The summed E-state index contributed by atoms with van der Waals surface area (Å²) >= 11 is 0. The SMILES string of the molecule is Cc1ccc(C(=O)Nc2c(F)cccc2F)cc1S(=O)(=O)N1CCOCC1. The van der Waals surface area contributed by atoms with Crippen molar-refractivity contribution in [2.75, 3.05) is 31.6 Å². The number of aryl methyl sites for hydroxylation is 1. The van der Waals surface area contributed by atoms with E-state index in [0.717, 1.165) is 12.1 Å². The van der Waals surface area contributed by atoms with Gasteiger partial charge in [0.2, 0.25) is 10.0 Å². The normalized spacial score (nSPS) is 15.5. The molecule has 1 heterocycles. The summed E-state index contributed by atoms with van der Waals surface area (Å²) in [6, 6.07) is 7.32. The summed E-state index contributed by atoms with van der Waals surface area (Å²) in [6.45, 7) is 2.65. The van der Waals surface area contributed by atoms with Gasteiger partial charge in [-0.15, -0.1) is 0 Å². The lowest BCUT2D eigenvalue weighted by molar-refractivity contribution is 0.0730. The van der Waals surface area contributed by atoms with E-state index >= 15 is 0 Å². The van der Waals surface area contributed by atoms with Crippen molar-refractivity contribution in [3.63, 3.8) is 0 Å². The number of ether oxygens (including phenoxy) is 1. The summed E-state index contributed by atoms with van der Waals surface area (Å²) in [5.74, 6) is -2.65. The Morgan fingerprint density at radius 2 is 1.74 bits per heavy atom. The molecule has 144 valence electrons. The van der Waals surface area contributed by atoms with Crippen LogP contribution in [0.2, 0.25) is 0 Å². The number of sulfonamides is 1. The van der Waals surface area contributed by atoms with E-state index < -0.39 is 33.3 Å². The van der Waals surface area contributed by atoms with Crippen LogP contribution in [0.25, 0.3) is 0 Å². The quantitative estimate of drug-likeness (QED) is 0.862. The number of amides is 1. The van der Waals surface area contributed by atoms with E-state index in [-0.39, 0.29) is 23.5 Å². The number of benzene rings is 2. The summed E-state index contributed by atoms with van der Waals surface area (Å²) in [5.41, 5.74) is -0.133. The first kappa shape index (κ1) is 19.4. The Kier molecular flexibility index (Phi) is 5.54. The molecule has 0 bridgehead atoms. The first-order valence-corrected chi connectivity index (χ1v) is 9.68. The Morgan fingerprint density at radius 3 is 2.37 bits per heavy atom. The van der Waals surface area contributed by atoms with Gasteiger partial charge in [-0.2, -0.15) is 4.31 Å². The van der Waals surface area contributed by atoms with Crippen molar-refractivity contribution in [3.8, 4) is 0 Å². The summed E-state index contributed by atoms with van der Waals surface area (Å²) in [5, 5.41) is 2.16. The molecular weight excluding hydrogens is 378 g/mol. The van der Waals surface area contributed by atoms with Crippen LogP contribution in [0, 0.1) is 18.6 Å². The van der Waals surface area contributed by atoms with E-state index in [1.54, 1.807) is 6.92 Å². The minimum Gasteiger partial charge on any atom is -0.379 e. The fraction of sp³-hybridized carbons (Fsp3) is 0.278. The number of morpholine rings is 1. The van der Waals surface area contributed by atoms with E-state index in [1.165, 1.54) is 28.6 Å². The lowest BCUT2D eigenvalue weighted by Gasteiger charge is -2.26. The molecule has 1 fully saturated rings. The molecule has 9 heteroatoms. The predicted molar refractivity (Wildman–Crippen MR) is 95.1 cm³/mol. The first-order chi connectivity index (χ1) is 12.8. The number of para-hydroxylation sites is 1. The maximum atomic E-state index is 13.7. The van der Waals surface area contributed by atoms with E-state index in [4.69, 9.17) is 4.74 Å². The molecule has 1 aliphatic heterocycles. The van der Waals surface area contributed by atoms with Crippen LogP contribution in [0.1, 0.15) is 15.9 Å². The Hall–Kier alpha value is -2.36. The van der Waals surface area contributed by atoms with E-state index in [9.17, 15) is 22.0 Å². The van der Waals surface area contributed by atoms with Crippen molar-refractivity contribution in [2.24, 2.45) is 0 Å². The number of halogens is 2. The fourth-order valence-electron chi connectivity index (χ4n) is 2.75. The molecule has 1 saturated heterocycles. The van der Waals surface area contributed by atoms with Crippen molar-refractivity contribution in [2.45, 2.75) is 11.8 Å². The van der Waals surface area contributed by atoms with Crippen LogP contribution in [0.5, 0.6) is 0 Å². The van der Waals surface area contributed by atoms with Crippen molar-refractivity contribution in [3.05, 3.63) is 59.2 Å². The van der Waals surface area contributed by atoms with Gasteiger partial charge in [-0.3, -0.25) is 4.79 Å². The molecular formula is C18H18F2N2O4S. The summed E-state index contributed by atoms with van der Waals surface area (Å²) in [7, 11) is -3.81. The summed E-state index contributed by atoms with van der Waals surface area (Å²) in [6.07, 6.45) is 0. The molecule has 1 amide bonds. The molecule has 0 radical (unpaired) electrons. The number of hydrogen-bond donors (Lipinski definition) is 1. The number of rotatable bonds is 4. The largest absolute Gasteiger partial charge is 0.379 e. The highest BCUT2D eigenvalue weighted by Gasteiger charge is 2.28. The average Bonchev–Trinajstić information content (AvgIpc) is 2.65. The van der Waals surface area contributed by atoms with Gasteiger partial charge in [-0.05, 0) is 36.8 Å². The molecule has 0 aromatic heterocycles. The van der Waals surface area contributed by atoms with Crippen molar-refractivity contribution in [1.29, 1.82) is 0 Å². The average molecular weight is 396 g/mol. The van der Waals surface area contributed by atoms with Gasteiger partial charge in [0.15, 0.2) is 0 Å². The zero-order valence-corrected chi connectivity index (χ0v) is 15.4. The Morgan fingerprint density at radius 1 is 1.11 bits per heavy atom. The van der Waals surface area contributed by atoms with Crippen molar-refractivity contribution >= 4 is 21.6 Å². The van der Waals surface area contributed by atoms with Gasteiger partial charge < -0.3 is 10.1 Å². The highest BCUT2D eigenvalue weighted by Crippen LogP contribution is 2.24. The van der Waals surface area contributed by atoms with Crippen LogP contribution in [0.4, 0.5) is 14.5 Å². The molecule has 1 aliphatic rings. The highest BCUT2D eigenvalue weighted by atomic mass is 32.2. The van der Waals surface area contributed by atoms with Gasteiger partial charge in [0.1, 0.15) is 17.3 Å². The molecule has 2 aromatic rings. The zero-order chi connectivity index (χ0) is 19.6. The third kappa shape index (κ3) is 4.00. The van der Waals surface area contributed by atoms with Crippen LogP contribution >= 0.6 is 0 Å². The van der Waals surface area contributed by atoms with Gasteiger partial charge >= 0.3 is 0 Å². The summed E-state index contributed by atoms with van der Waals surface area (Å²) < 4.78 is 59.7. The first-order valence-electron chi connectivity index (χ1n) is 8.24. The smallest absolute Gasteiger partial charge is 0.255 e. The van der Waals surface area contributed by atoms with E-state index in [2.05, 4.69) is 5.32 Å². The maximum absolute atomic E-state index is 13.7. The molecule has 2 aromatic carbocycles. The highest BCUT2D eigenvalue weighted by molar-refractivity contribution is 7.89. The third-order valence-corrected chi connectivity index (χ3v) is 6.28. The van der Waals surface area contributed by atoms with Gasteiger partial charge in [0, 0.05) is 18.7 Å². The van der Waals surface area contributed by atoms with Crippen molar-refractivity contribution in [1.82, 2.24) is 4.31 Å². The van der Waals surface area contributed by atoms with Crippen molar-refractivity contribution < 1.29 is 26.7 Å². The van der Waals surface area contributed by atoms with E-state index in [0.29, 0.717) is 18.8 Å². The Balaban J connectivity index is 1.92. The van der Waals surface area contributed by atoms with Crippen LogP contribution in [-0.2, 0) is 14.8 Å². The zero-order valence-electron chi connectivity index (χ0n) is 14.5. The second-order valence-corrected chi connectivity index (χ2v) is 7.95. The minimum atomic E-state index is -3.81. The maximum Gasteiger partial charge on any atom is 0.255 e. The number of hydrogen-bond acceptors (Lipinski definition) is 4. The second kappa shape index (κ2) is 7.71. The third-order valence-electron chi connectivity index (χ3n) is 4.24. The van der Waals surface area contributed by atoms with Crippen LogP contribution < -0.4 is 5.32 Å². The number of anilines is 1. The molecule has 0 aliphatic carbocycles. The fourth-order valence-corrected chi connectivity index (χ4v) is 4.41. The van der Waals surface area contributed by atoms with Gasteiger partial charge in [-0.1, -0.05) is 12.1 Å². The molecule has 1 N–H and O–H groups in total. The second-order valence-electron chi connectivity index (χ2n) is 6.05. The molecule has 27 heavy (non-hydrogen) atoms. The number of nitrogens with one attached hydrogen (secondary N) is 1. The van der Waals surface area contributed by atoms with Gasteiger partial charge in [0.05, 0.1) is 18.1 Å². The van der Waals surface area contributed by atoms with Gasteiger partial charge in [0.25, 0.3) is 5.91 Å². The predicted octanol–water partition coefficient (Wildman–Crippen LogP) is 2.55. The molecule has 0 unspecified atom stereocenters. The minimum absolute atomic E-state index is 0.0184. The topological polar surface area (TPSA) is 75.7 Å². The molecule has 6 nitrogen and oxygen atoms in total. The number of carbonyl (C=O) groups excluding carboxylic acids is 1. The molecule has 0 saturated carbocycles. The molecule has 0 spiro atoms. The number of carbonyl (C=O) groups is 1. The van der Waals surface area contributed by atoms with Crippen LogP contribution in [0.15, 0.2) is 41.3 Å². The lowest BCUT2D eigenvalue weighted by Crippen LogP contribution is -2.40. The van der Waals surface area contributed by atoms with Gasteiger partial charge in [-0.25, -0.2) is 17.2 Å². The molecule has 0 atom stereocenters. The Labute approximate surface area is 155 Å². The van der Waals surface area contributed by atoms with Crippen LogP contribution in [-0.4, -0.2) is 44.9 Å². The Bertz CT molecular complexity index is 953. The molecule has 3 rings (SSSR count). The number of nitrogens with zero attached hydrogens (tertiary/aromatic N) is 1. The monoisotopic (exact) mass is 396 g/mol. The van der Waals surface area contributed by atoms with E-state index in [1.807, 2.05) is 0 Å². The van der Waals surface area contributed by atoms with Crippen LogP contribution in [0.3, 0.4) is 0 Å². The summed E-state index contributed by atoms with van der Waals surface area (Å²) in [4.78, 5) is 12.4.